The Hall–Kier alpha value is -3.60. The first kappa shape index (κ1) is 22.2. The van der Waals surface area contributed by atoms with Gasteiger partial charge in [0.25, 0.3) is 0 Å². The molecule has 1 aliphatic carbocycles. The van der Waals surface area contributed by atoms with Crippen LogP contribution in [0.3, 0.4) is 0 Å². The van der Waals surface area contributed by atoms with Crippen molar-refractivity contribution in [1.82, 2.24) is 0 Å². The zero-order valence-electron chi connectivity index (χ0n) is 20.0. The lowest BCUT2D eigenvalue weighted by molar-refractivity contribution is -0.134. The summed E-state index contributed by atoms with van der Waals surface area (Å²) in [7, 11) is 1.56. The highest BCUT2D eigenvalue weighted by atomic mass is 16.6. The van der Waals surface area contributed by atoms with Gasteiger partial charge in [0.2, 0.25) is 0 Å². The van der Waals surface area contributed by atoms with Crippen LogP contribution in [0.2, 0.25) is 0 Å². The number of ether oxygens (including phenoxy) is 2. The Balaban J connectivity index is 1.71. The van der Waals surface area contributed by atoms with Gasteiger partial charge in [0.1, 0.15) is 0 Å². The zero-order chi connectivity index (χ0) is 24.0. The van der Waals surface area contributed by atoms with Gasteiger partial charge >= 0.3 is 5.97 Å². The van der Waals surface area contributed by atoms with Crippen molar-refractivity contribution < 1.29 is 19.1 Å². The van der Waals surface area contributed by atoms with E-state index in [9.17, 15) is 9.59 Å². The van der Waals surface area contributed by atoms with E-state index in [1.54, 1.807) is 20.1 Å². The lowest BCUT2D eigenvalue weighted by Crippen LogP contribution is -2.33. The van der Waals surface area contributed by atoms with Crippen LogP contribution in [-0.4, -0.2) is 18.9 Å². The number of Topliss-reactive ketones (excluding diaryl/α,β-unsaturated/α-hetero) is 1. The molecule has 1 atom stereocenters. The summed E-state index contributed by atoms with van der Waals surface area (Å²) in [6.07, 6.45) is 1.59. The maximum Gasteiger partial charge on any atom is 0.311 e. The topological polar surface area (TPSA) is 64.6 Å². The number of esters is 1. The predicted octanol–water partition coefficient (Wildman–Crippen LogP) is 6.36. The van der Waals surface area contributed by atoms with Gasteiger partial charge < -0.3 is 14.8 Å². The molecule has 34 heavy (non-hydrogen) atoms. The Morgan fingerprint density at radius 2 is 1.85 bits per heavy atom. The maximum atomic E-state index is 13.5. The Morgan fingerprint density at radius 1 is 1.06 bits per heavy atom. The molecule has 0 aromatic heterocycles. The van der Waals surface area contributed by atoms with Crippen molar-refractivity contribution in [3.63, 3.8) is 0 Å². The van der Waals surface area contributed by atoms with Crippen LogP contribution in [0.4, 0.5) is 5.69 Å². The second-order valence-corrected chi connectivity index (χ2v) is 9.88. The molecule has 174 valence electrons. The Labute approximate surface area is 199 Å². The van der Waals surface area contributed by atoms with Crippen LogP contribution in [0.5, 0.6) is 11.5 Å². The summed E-state index contributed by atoms with van der Waals surface area (Å²) in [6, 6.07) is 18.1. The van der Waals surface area contributed by atoms with E-state index in [4.69, 9.17) is 9.47 Å². The molecule has 1 aliphatic heterocycles. The van der Waals surface area contributed by atoms with Gasteiger partial charge in [-0.2, -0.15) is 0 Å². The lowest BCUT2D eigenvalue weighted by Gasteiger charge is -2.40. The second kappa shape index (κ2) is 8.32. The minimum Gasteiger partial charge on any atom is -0.493 e. The summed E-state index contributed by atoms with van der Waals surface area (Å²) < 4.78 is 11.0. The van der Waals surface area contributed by atoms with Gasteiger partial charge in [-0.25, -0.2) is 0 Å². The molecule has 5 rings (SSSR count). The van der Waals surface area contributed by atoms with E-state index in [-0.39, 0.29) is 29.5 Å². The van der Waals surface area contributed by atoms with E-state index in [1.165, 1.54) is 0 Å². The molecular weight excluding hydrogens is 426 g/mol. The summed E-state index contributed by atoms with van der Waals surface area (Å²) in [5.74, 6) is 0.480. The largest absolute Gasteiger partial charge is 0.493 e. The first-order chi connectivity index (χ1) is 16.3. The van der Waals surface area contributed by atoms with Crippen molar-refractivity contribution in [3.05, 3.63) is 77.0 Å². The van der Waals surface area contributed by atoms with Crippen molar-refractivity contribution in [2.24, 2.45) is 5.41 Å². The Kier molecular flexibility index (Phi) is 5.43. The van der Waals surface area contributed by atoms with Gasteiger partial charge in [-0.1, -0.05) is 63.2 Å². The van der Waals surface area contributed by atoms with Gasteiger partial charge in [0.05, 0.1) is 12.8 Å². The average Bonchev–Trinajstić information content (AvgIpc) is 2.82. The fraction of sp³-hybridized carbons (Fsp3) is 0.310. The van der Waals surface area contributed by atoms with E-state index in [0.717, 1.165) is 45.3 Å². The molecule has 2 aliphatic rings. The summed E-state index contributed by atoms with van der Waals surface area (Å²) in [4.78, 5) is 25.4. The number of allylic oxidation sites excluding steroid dienone is 2. The Bertz CT molecular complexity index is 1350. The van der Waals surface area contributed by atoms with Gasteiger partial charge in [-0.3, -0.25) is 9.59 Å². The number of methoxy groups -OCH3 is 1. The summed E-state index contributed by atoms with van der Waals surface area (Å²) in [5, 5.41) is 5.94. The highest BCUT2D eigenvalue weighted by Crippen LogP contribution is 2.51. The van der Waals surface area contributed by atoms with Gasteiger partial charge in [0.15, 0.2) is 17.3 Å². The van der Waals surface area contributed by atoms with Crippen molar-refractivity contribution in [2.75, 3.05) is 12.4 Å². The molecule has 3 aromatic rings. The molecule has 0 radical (unpaired) electrons. The van der Waals surface area contributed by atoms with Crippen LogP contribution in [0, 0.1) is 5.41 Å². The lowest BCUT2D eigenvalue weighted by atomic mass is 9.68. The first-order valence-corrected chi connectivity index (χ1v) is 11.7. The number of carbonyl (C=O) groups is 2. The van der Waals surface area contributed by atoms with Gasteiger partial charge in [-0.05, 0) is 40.5 Å². The maximum absolute atomic E-state index is 13.5. The normalized spacial score (nSPS) is 18.7. The van der Waals surface area contributed by atoms with Crippen LogP contribution < -0.4 is 14.8 Å². The third-order valence-electron chi connectivity index (χ3n) is 6.79. The molecule has 0 unspecified atom stereocenters. The van der Waals surface area contributed by atoms with Crippen LogP contribution in [0.25, 0.3) is 10.8 Å². The van der Waals surface area contributed by atoms with Crippen LogP contribution in [0.1, 0.15) is 57.1 Å². The molecule has 3 aromatic carbocycles. The number of ketones is 1. The van der Waals surface area contributed by atoms with E-state index >= 15 is 0 Å². The fourth-order valence-corrected chi connectivity index (χ4v) is 5.25. The van der Waals surface area contributed by atoms with Crippen LogP contribution in [-0.2, 0) is 9.59 Å². The molecule has 0 saturated carbocycles. The van der Waals surface area contributed by atoms with Crippen LogP contribution >= 0.6 is 0 Å². The quantitative estimate of drug-likeness (QED) is 0.366. The summed E-state index contributed by atoms with van der Waals surface area (Å²) in [5.41, 5.74) is 4.76. The minimum atomic E-state index is -0.320. The number of carbonyl (C=O) groups excluding carboxylic acids is 2. The molecule has 0 saturated heterocycles. The molecule has 0 spiro atoms. The zero-order valence-corrected chi connectivity index (χ0v) is 20.0. The third kappa shape index (κ3) is 3.75. The number of fused-ring (bicyclic) bond motifs is 3. The molecule has 1 N–H and O–H groups in total. The number of hydrogen-bond donors (Lipinski definition) is 1. The SMILES string of the molecule is CCC(=O)Oc1ccc([C@@H]2C3=C(CC(C)(C)CC3=O)Nc3c2ccc2ccccc32)cc1OC. The number of anilines is 1. The van der Waals surface area contributed by atoms with Crippen LogP contribution in [0.15, 0.2) is 65.9 Å². The number of rotatable bonds is 4. The first-order valence-electron chi connectivity index (χ1n) is 11.7. The Morgan fingerprint density at radius 3 is 2.62 bits per heavy atom. The standard InChI is InChI=1S/C29H29NO4/c1-5-25(32)34-23-13-11-18(14-24(23)33-4)26-20-12-10-17-8-6-7-9-19(17)28(20)30-21-15-29(2,3)16-22(31)27(21)26/h6-14,26,30H,5,15-16H2,1-4H3/t26-/m0/s1. The number of nitrogens with one attached hydrogen (secondary N) is 1. The van der Waals surface area contributed by atoms with Gasteiger partial charge in [0, 0.05) is 35.4 Å². The smallest absolute Gasteiger partial charge is 0.311 e. The predicted molar refractivity (Wildman–Crippen MR) is 133 cm³/mol. The molecule has 1 heterocycles. The monoisotopic (exact) mass is 455 g/mol. The highest BCUT2D eigenvalue weighted by molar-refractivity contribution is 6.05. The van der Waals surface area contributed by atoms with Crippen molar-refractivity contribution in [3.8, 4) is 11.5 Å². The number of benzene rings is 3. The van der Waals surface area contributed by atoms with Gasteiger partial charge in [-0.15, -0.1) is 0 Å². The molecule has 0 bridgehead atoms. The molecule has 5 heteroatoms. The minimum absolute atomic E-state index is 0.106. The average molecular weight is 456 g/mol. The van der Waals surface area contributed by atoms with Crippen molar-refractivity contribution in [1.29, 1.82) is 0 Å². The summed E-state index contributed by atoms with van der Waals surface area (Å²) >= 11 is 0. The molecule has 0 fully saturated rings. The molecule has 0 amide bonds. The van der Waals surface area contributed by atoms with E-state index in [0.29, 0.717) is 17.9 Å². The van der Waals surface area contributed by atoms with E-state index < -0.39 is 0 Å². The summed E-state index contributed by atoms with van der Waals surface area (Å²) in [6.45, 7) is 6.04. The molecule has 5 nitrogen and oxygen atoms in total. The number of hydrogen-bond acceptors (Lipinski definition) is 5. The van der Waals surface area contributed by atoms with Crippen molar-refractivity contribution >= 4 is 28.2 Å². The highest BCUT2D eigenvalue weighted by Gasteiger charge is 2.41. The van der Waals surface area contributed by atoms with Crippen molar-refractivity contribution in [2.45, 2.75) is 46.0 Å². The van der Waals surface area contributed by atoms with E-state index in [2.05, 4.69) is 43.4 Å². The third-order valence-corrected chi connectivity index (χ3v) is 6.79. The molecular formula is C29H29NO4. The fourth-order valence-electron chi connectivity index (χ4n) is 5.25. The second-order valence-electron chi connectivity index (χ2n) is 9.88. The van der Waals surface area contributed by atoms with E-state index in [1.807, 2.05) is 24.3 Å².